The molecule has 2 N–H and O–H groups in total. The molecule has 0 spiro atoms. The Bertz CT molecular complexity index is 682. The first-order valence-electron chi connectivity index (χ1n) is 11.2. The van der Waals surface area contributed by atoms with Crippen LogP contribution in [0, 0.1) is 17.7 Å². The van der Waals surface area contributed by atoms with E-state index in [-0.39, 0.29) is 35.8 Å². The minimum absolute atomic E-state index is 0. The predicted octanol–water partition coefficient (Wildman–Crippen LogP) is 4.29. The number of ether oxygens (including phenoxy) is 3. The molecule has 0 bridgehead atoms. The van der Waals surface area contributed by atoms with Gasteiger partial charge in [0.1, 0.15) is 0 Å². The van der Waals surface area contributed by atoms with Crippen molar-refractivity contribution in [2.45, 2.75) is 45.1 Å². The lowest BCUT2D eigenvalue weighted by Gasteiger charge is -2.22. The van der Waals surface area contributed by atoms with Crippen molar-refractivity contribution in [3.05, 3.63) is 29.6 Å². The minimum Gasteiger partial charge on any atom is -0.490 e. The van der Waals surface area contributed by atoms with Gasteiger partial charge in [0.15, 0.2) is 17.5 Å². The molecule has 0 amide bonds. The number of hydrogen-bond acceptors (Lipinski definition) is 4. The average molecular weight is 549 g/mol. The lowest BCUT2D eigenvalue weighted by molar-refractivity contribution is 0.0203. The van der Waals surface area contributed by atoms with Gasteiger partial charge in [-0.05, 0) is 68.6 Å². The van der Waals surface area contributed by atoms with E-state index >= 15 is 0 Å². The van der Waals surface area contributed by atoms with Crippen molar-refractivity contribution in [1.82, 2.24) is 10.6 Å². The third kappa shape index (κ3) is 9.49. The highest BCUT2D eigenvalue weighted by molar-refractivity contribution is 14.0. The quantitative estimate of drug-likeness (QED) is 0.187. The van der Waals surface area contributed by atoms with Gasteiger partial charge in [0.2, 0.25) is 0 Å². The van der Waals surface area contributed by atoms with Gasteiger partial charge in [0.25, 0.3) is 0 Å². The van der Waals surface area contributed by atoms with Crippen LogP contribution in [0.2, 0.25) is 0 Å². The van der Waals surface area contributed by atoms with Crippen LogP contribution >= 0.6 is 24.0 Å². The fourth-order valence-corrected chi connectivity index (χ4v) is 3.42. The summed E-state index contributed by atoms with van der Waals surface area (Å²) in [7, 11) is 1.74. The van der Waals surface area contributed by atoms with E-state index in [1.807, 2.05) is 13.0 Å². The highest BCUT2D eigenvalue weighted by Crippen LogP contribution is 2.30. The Kier molecular flexibility index (Phi) is 11.9. The molecule has 2 fully saturated rings. The van der Waals surface area contributed by atoms with Crippen LogP contribution in [-0.2, 0) is 9.47 Å². The van der Waals surface area contributed by atoms with E-state index < -0.39 is 0 Å². The van der Waals surface area contributed by atoms with Crippen LogP contribution in [-0.4, -0.2) is 52.6 Å². The second kappa shape index (κ2) is 14.1. The maximum absolute atomic E-state index is 14.3. The molecule has 8 heteroatoms. The zero-order valence-corrected chi connectivity index (χ0v) is 21.0. The average Bonchev–Trinajstić information content (AvgIpc) is 3.59. The maximum atomic E-state index is 14.3. The first kappa shape index (κ1) is 26.1. The fraction of sp³-hybridized carbons (Fsp3) is 0.696. The number of benzene rings is 1. The summed E-state index contributed by atoms with van der Waals surface area (Å²) in [5.74, 6) is 1.95. The molecule has 6 nitrogen and oxygen atoms in total. The molecule has 1 aliphatic carbocycles. The van der Waals surface area contributed by atoms with Gasteiger partial charge in [-0.15, -0.1) is 24.0 Å². The number of nitrogens with zero attached hydrogens (tertiary/aromatic N) is 1. The molecular formula is C23H37FIN3O3. The van der Waals surface area contributed by atoms with Gasteiger partial charge in [-0.2, -0.15) is 0 Å². The Hall–Kier alpha value is -1.13. The number of guanidine groups is 1. The molecule has 3 rings (SSSR count). The van der Waals surface area contributed by atoms with E-state index in [9.17, 15) is 4.39 Å². The maximum Gasteiger partial charge on any atom is 0.191 e. The molecule has 2 aliphatic rings. The van der Waals surface area contributed by atoms with Gasteiger partial charge >= 0.3 is 0 Å². The SMILES string of the molecule is CN=C(NCCCOCC1CCOCC1)NC(C)c1ccc(OCC2CC2)c(F)c1.I. The first-order chi connectivity index (χ1) is 14.7. The fourth-order valence-electron chi connectivity index (χ4n) is 3.42. The molecule has 31 heavy (non-hydrogen) atoms. The summed E-state index contributed by atoms with van der Waals surface area (Å²) in [6, 6.07) is 5.09. The highest BCUT2D eigenvalue weighted by Gasteiger charge is 2.22. The second-order valence-corrected chi connectivity index (χ2v) is 8.29. The van der Waals surface area contributed by atoms with Crippen LogP contribution in [0.1, 0.15) is 50.6 Å². The van der Waals surface area contributed by atoms with E-state index in [2.05, 4.69) is 15.6 Å². The highest BCUT2D eigenvalue weighted by atomic mass is 127. The molecular weight excluding hydrogens is 512 g/mol. The Labute approximate surface area is 202 Å². The standard InChI is InChI=1S/C23H36FN3O3.HI/c1-17(20-6-7-22(21(24)14-20)30-16-18-4-5-18)27-23(25-2)26-10-3-11-29-15-19-8-12-28-13-9-19;/h6-7,14,17-19H,3-5,8-13,15-16H2,1-2H3,(H2,25,26,27);1H. The van der Waals surface area contributed by atoms with E-state index in [4.69, 9.17) is 14.2 Å². The number of rotatable bonds is 11. The van der Waals surface area contributed by atoms with Crippen molar-refractivity contribution in [2.24, 2.45) is 16.8 Å². The van der Waals surface area contributed by atoms with Crippen molar-refractivity contribution in [3.63, 3.8) is 0 Å². The Morgan fingerprint density at radius 2 is 1.94 bits per heavy atom. The topological polar surface area (TPSA) is 64.1 Å². The lowest BCUT2D eigenvalue weighted by atomic mass is 10.0. The molecule has 1 aromatic rings. The summed E-state index contributed by atoms with van der Waals surface area (Å²) in [6.45, 7) is 6.63. The monoisotopic (exact) mass is 549 g/mol. The van der Waals surface area contributed by atoms with Gasteiger partial charge < -0.3 is 24.8 Å². The molecule has 1 saturated heterocycles. The molecule has 1 aromatic carbocycles. The van der Waals surface area contributed by atoms with E-state index in [1.54, 1.807) is 13.1 Å². The van der Waals surface area contributed by atoms with Gasteiger partial charge in [-0.25, -0.2) is 4.39 Å². The zero-order chi connectivity index (χ0) is 21.2. The number of aliphatic imine (C=N–C) groups is 1. The predicted molar refractivity (Wildman–Crippen MR) is 132 cm³/mol. The number of nitrogens with one attached hydrogen (secondary N) is 2. The Morgan fingerprint density at radius 1 is 1.19 bits per heavy atom. The molecule has 1 aliphatic heterocycles. The molecule has 0 aromatic heterocycles. The molecule has 1 heterocycles. The molecule has 1 atom stereocenters. The van der Waals surface area contributed by atoms with Gasteiger partial charge in [-0.3, -0.25) is 4.99 Å². The first-order valence-corrected chi connectivity index (χ1v) is 11.2. The normalized spacial score (nSPS) is 18.2. The third-order valence-corrected chi connectivity index (χ3v) is 5.66. The summed E-state index contributed by atoms with van der Waals surface area (Å²) in [5.41, 5.74) is 0.856. The summed E-state index contributed by atoms with van der Waals surface area (Å²) in [4.78, 5) is 4.26. The van der Waals surface area contributed by atoms with Crippen molar-refractivity contribution in [3.8, 4) is 5.75 Å². The second-order valence-electron chi connectivity index (χ2n) is 8.29. The van der Waals surface area contributed by atoms with Gasteiger partial charge in [0.05, 0.1) is 12.6 Å². The van der Waals surface area contributed by atoms with Crippen LogP contribution in [0.3, 0.4) is 0 Å². The van der Waals surface area contributed by atoms with Crippen molar-refractivity contribution in [2.75, 3.05) is 46.6 Å². The largest absolute Gasteiger partial charge is 0.490 e. The van der Waals surface area contributed by atoms with E-state index in [1.165, 1.54) is 18.9 Å². The zero-order valence-electron chi connectivity index (χ0n) is 18.7. The summed E-state index contributed by atoms with van der Waals surface area (Å²) in [5, 5.41) is 6.60. The van der Waals surface area contributed by atoms with Crippen molar-refractivity contribution >= 4 is 29.9 Å². The Morgan fingerprint density at radius 3 is 2.61 bits per heavy atom. The minimum atomic E-state index is -0.313. The van der Waals surface area contributed by atoms with E-state index in [0.717, 1.165) is 57.8 Å². The van der Waals surface area contributed by atoms with E-state index in [0.29, 0.717) is 30.2 Å². The van der Waals surface area contributed by atoms with Crippen LogP contribution in [0.25, 0.3) is 0 Å². The van der Waals surface area contributed by atoms with Crippen LogP contribution in [0.5, 0.6) is 5.75 Å². The van der Waals surface area contributed by atoms with Crippen LogP contribution < -0.4 is 15.4 Å². The van der Waals surface area contributed by atoms with Crippen molar-refractivity contribution < 1.29 is 18.6 Å². The third-order valence-electron chi connectivity index (χ3n) is 5.66. The van der Waals surface area contributed by atoms with Gasteiger partial charge in [0, 0.05) is 40.0 Å². The summed E-state index contributed by atoms with van der Waals surface area (Å²) < 4.78 is 31.1. The number of halogens is 2. The lowest BCUT2D eigenvalue weighted by Crippen LogP contribution is -2.39. The Balaban J connectivity index is 0.00000341. The molecule has 1 saturated carbocycles. The summed E-state index contributed by atoms with van der Waals surface area (Å²) in [6.07, 6.45) is 5.48. The van der Waals surface area contributed by atoms with Crippen LogP contribution in [0.4, 0.5) is 4.39 Å². The molecule has 176 valence electrons. The van der Waals surface area contributed by atoms with Crippen LogP contribution in [0.15, 0.2) is 23.2 Å². The van der Waals surface area contributed by atoms with Crippen molar-refractivity contribution in [1.29, 1.82) is 0 Å². The smallest absolute Gasteiger partial charge is 0.191 e. The molecule has 1 unspecified atom stereocenters. The summed E-state index contributed by atoms with van der Waals surface area (Å²) >= 11 is 0. The molecule has 0 radical (unpaired) electrons. The number of hydrogen-bond donors (Lipinski definition) is 2. The van der Waals surface area contributed by atoms with Gasteiger partial charge in [-0.1, -0.05) is 6.07 Å².